The van der Waals surface area contributed by atoms with E-state index in [0.29, 0.717) is 5.69 Å². The average molecular weight is 257 g/mol. The summed E-state index contributed by atoms with van der Waals surface area (Å²) >= 11 is 0. The minimum atomic E-state index is 0.0805. The molecular weight excluding hydrogens is 238 g/mol. The van der Waals surface area contributed by atoms with Gasteiger partial charge in [0.15, 0.2) is 0 Å². The molecule has 0 aliphatic rings. The molecule has 1 atom stereocenters. The zero-order valence-electron chi connectivity index (χ0n) is 11.2. The topological polar surface area (TPSA) is 73.3 Å². The van der Waals surface area contributed by atoms with Gasteiger partial charge < -0.3 is 21.5 Å². The first-order chi connectivity index (χ1) is 9.10. The zero-order chi connectivity index (χ0) is 13.8. The Morgan fingerprint density at radius 2 is 1.74 bits per heavy atom. The molecule has 0 aliphatic heterocycles. The molecule has 5 N–H and O–H groups in total. The summed E-state index contributed by atoms with van der Waals surface area (Å²) in [4.78, 5) is 0. The molecule has 0 radical (unpaired) electrons. The van der Waals surface area contributed by atoms with Gasteiger partial charge in [-0.1, -0.05) is 0 Å². The first-order valence-electron chi connectivity index (χ1n) is 6.15. The first-order valence-corrected chi connectivity index (χ1v) is 6.15. The van der Waals surface area contributed by atoms with Gasteiger partial charge in [-0.15, -0.1) is 0 Å². The Balaban J connectivity index is 2.15. The lowest BCUT2D eigenvalue weighted by atomic mass is 10.1. The molecule has 0 amide bonds. The summed E-state index contributed by atoms with van der Waals surface area (Å²) in [6.45, 7) is 2.05. The van der Waals surface area contributed by atoms with E-state index < -0.39 is 0 Å². The van der Waals surface area contributed by atoms with Crippen LogP contribution in [0, 0.1) is 0 Å². The predicted octanol–water partition coefficient (Wildman–Crippen LogP) is 3.03. The van der Waals surface area contributed by atoms with Crippen LogP contribution in [0.15, 0.2) is 42.5 Å². The lowest BCUT2D eigenvalue weighted by Gasteiger charge is -2.18. The number of nitrogens with two attached hydrogens (primary N) is 2. The molecule has 0 saturated heterocycles. The van der Waals surface area contributed by atoms with E-state index in [4.69, 9.17) is 16.2 Å². The largest absolute Gasteiger partial charge is 0.497 e. The van der Waals surface area contributed by atoms with Gasteiger partial charge in [-0.25, -0.2) is 0 Å². The predicted molar refractivity (Wildman–Crippen MR) is 80.3 cm³/mol. The molecule has 4 nitrogen and oxygen atoms in total. The molecular formula is C15H19N3O. The Labute approximate surface area is 113 Å². The molecule has 2 aromatic carbocycles. The Kier molecular flexibility index (Phi) is 3.80. The molecule has 0 aromatic heterocycles. The Morgan fingerprint density at radius 1 is 1.05 bits per heavy atom. The third-order valence-corrected chi connectivity index (χ3v) is 3.05. The lowest BCUT2D eigenvalue weighted by Crippen LogP contribution is -2.09. The van der Waals surface area contributed by atoms with Crippen LogP contribution in [-0.2, 0) is 0 Å². The van der Waals surface area contributed by atoms with E-state index in [1.54, 1.807) is 13.2 Å². The molecule has 1 unspecified atom stereocenters. The van der Waals surface area contributed by atoms with Crippen molar-refractivity contribution in [1.82, 2.24) is 0 Å². The van der Waals surface area contributed by atoms with Gasteiger partial charge in [0.1, 0.15) is 5.75 Å². The second kappa shape index (κ2) is 5.52. The molecule has 0 saturated carbocycles. The number of rotatable bonds is 4. The summed E-state index contributed by atoms with van der Waals surface area (Å²) < 4.78 is 5.13. The summed E-state index contributed by atoms with van der Waals surface area (Å²) in [7, 11) is 1.65. The van der Waals surface area contributed by atoms with Crippen LogP contribution in [-0.4, -0.2) is 7.11 Å². The van der Waals surface area contributed by atoms with E-state index in [0.717, 1.165) is 22.7 Å². The van der Waals surface area contributed by atoms with E-state index in [1.807, 2.05) is 36.4 Å². The average Bonchev–Trinajstić information content (AvgIpc) is 2.42. The van der Waals surface area contributed by atoms with Gasteiger partial charge in [-0.05, 0) is 55.0 Å². The highest BCUT2D eigenvalue weighted by molar-refractivity contribution is 5.58. The molecule has 0 aliphatic carbocycles. The van der Waals surface area contributed by atoms with Crippen LogP contribution < -0.4 is 21.5 Å². The second-order valence-electron chi connectivity index (χ2n) is 4.48. The standard InChI is InChI=1S/C15H19N3O/c1-10(14-9-11(16)3-8-15(14)17)18-12-4-6-13(19-2)7-5-12/h3-10,18H,16-17H2,1-2H3. The molecule has 19 heavy (non-hydrogen) atoms. The van der Waals surface area contributed by atoms with Gasteiger partial charge >= 0.3 is 0 Å². The fourth-order valence-electron chi connectivity index (χ4n) is 1.98. The molecule has 0 bridgehead atoms. The van der Waals surface area contributed by atoms with Crippen LogP contribution in [0.1, 0.15) is 18.5 Å². The van der Waals surface area contributed by atoms with Crippen LogP contribution in [0.3, 0.4) is 0 Å². The number of benzene rings is 2. The molecule has 0 heterocycles. The quantitative estimate of drug-likeness (QED) is 0.736. The Hall–Kier alpha value is -2.36. The van der Waals surface area contributed by atoms with Crippen molar-refractivity contribution < 1.29 is 4.74 Å². The Bertz CT molecular complexity index is 552. The zero-order valence-corrected chi connectivity index (χ0v) is 11.2. The number of ether oxygens (including phenoxy) is 1. The number of nitrogen functional groups attached to an aromatic ring is 2. The molecule has 0 spiro atoms. The monoisotopic (exact) mass is 257 g/mol. The number of nitrogens with one attached hydrogen (secondary N) is 1. The summed E-state index contributed by atoms with van der Waals surface area (Å²) in [5, 5.41) is 3.39. The highest BCUT2D eigenvalue weighted by atomic mass is 16.5. The number of hydrogen-bond acceptors (Lipinski definition) is 4. The third kappa shape index (κ3) is 3.10. The number of methoxy groups -OCH3 is 1. The van der Waals surface area contributed by atoms with E-state index in [-0.39, 0.29) is 6.04 Å². The molecule has 100 valence electrons. The van der Waals surface area contributed by atoms with Crippen LogP contribution in [0.2, 0.25) is 0 Å². The van der Waals surface area contributed by atoms with Crippen molar-refractivity contribution in [3.8, 4) is 5.75 Å². The SMILES string of the molecule is COc1ccc(NC(C)c2cc(N)ccc2N)cc1. The maximum absolute atomic E-state index is 5.97. The summed E-state index contributed by atoms with van der Waals surface area (Å²) in [5.74, 6) is 0.835. The number of anilines is 3. The van der Waals surface area contributed by atoms with Crippen molar-refractivity contribution in [1.29, 1.82) is 0 Å². The first kappa shape index (κ1) is 13.1. The van der Waals surface area contributed by atoms with Crippen LogP contribution >= 0.6 is 0 Å². The van der Waals surface area contributed by atoms with Gasteiger partial charge in [-0.3, -0.25) is 0 Å². The molecule has 0 fully saturated rings. The molecule has 2 rings (SSSR count). The highest BCUT2D eigenvalue weighted by Gasteiger charge is 2.09. The van der Waals surface area contributed by atoms with Gasteiger partial charge in [-0.2, -0.15) is 0 Å². The second-order valence-corrected chi connectivity index (χ2v) is 4.48. The molecule has 2 aromatic rings. The lowest BCUT2D eigenvalue weighted by molar-refractivity contribution is 0.415. The van der Waals surface area contributed by atoms with Crippen molar-refractivity contribution in [3.05, 3.63) is 48.0 Å². The van der Waals surface area contributed by atoms with Crippen LogP contribution in [0.25, 0.3) is 0 Å². The van der Waals surface area contributed by atoms with E-state index in [2.05, 4.69) is 12.2 Å². The van der Waals surface area contributed by atoms with Gasteiger partial charge in [0.2, 0.25) is 0 Å². The molecule has 4 heteroatoms. The minimum Gasteiger partial charge on any atom is -0.497 e. The number of hydrogen-bond donors (Lipinski definition) is 3. The smallest absolute Gasteiger partial charge is 0.119 e. The van der Waals surface area contributed by atoms with Crippen molar-refractivity contribution in [2.45, 2.75) is 13.0 Å². The summed E-state index contributed by atoms with van der Waals surface area (Å²) in [5.41, 5.74) is 15.2. The van der Waals surface area contributed by atoms with Crippen molar-refractivity contribution in [2.75, 3.05) is 23.9 Å². The van der Waals surface area contributed by atoms with E-state index in [1.165, 1.54) is 0 Å². The minimum absolute atomic E-state index is 0.0805. The van der Waals surface area contributed by atoms with Gasteiger partial charge in [0.25, 0.3) is 0 Å². The van der Waals surface area contributed by atoms with E-state index >= 15 is 0 Å². The van der Waals surface area contributed by atoms with Crippen LogP contribution in [0.5, 0.6) is 5.75 Å². The fraction of sp³-hybridized carbons (Fsp3) is 0.200. The van der Waals surface area contributed by atoms with Crippen molar-refractivity contribution in [2.24, 2.45) is 0 Å². The fourth-order valence-corrected chi connectivity index (χ4v) is 1.98. The van der Waals surface area contributed by atoms with Crippen molar-refractivity contribution in [3.63, 3.8) is 0 Å². The maximum Gasteiger partial charge on any atom is 0.119 e. The Morgan fingerprint density at radius 3 is 2.37 bits per heavy atom. The van der Waals surface area contributed by atoms with Gasteiger partial charge in [0.05, 0.1) is 13.2 Å². The summed E-state index contributed by atoms with van der Waals surface area (Å²) in [6.07, 6.45) is 0. The van der Waals surface area contributed by atoms with Gasteiger partial charge in [0, 0.05) is 17.1 Å². The summed E-state index contributed by atoms with van der Waals surface area (Å²) in [6, 6.07) is 13.4. The third-order valence-electron chi connectivity index (χ3n) is 3.05. The van der Waals surface area contributed by atoms with E-state index in [9.17, 15) is 0 Å². The maximum atomic E-state index is 5.97. The highest BCUT2D eigenvalue weighted by Crippen LogP contribution is 2.26. The van der Waals surface area contributed by atoms with Crippen LogP contribution in [0.4, 0.5) is 17.1 Å². The van der Waals surface area contributed by atoms with Crippen molar-refractivity contribution >= 4 is 17.1 Å². The normalized spacial score (nSPS) is 11.9.